The number of carbonyl (C=O) groups excluding carboxylic acids is 2. The Morgan fingerprint density at radius 1 is 0.900 bits per heavy atom. The predicted molar refractivity (Wildman–Crippen MR) is 113 cm³/mol. The number of aliphatic hydroxyl groups is 1. The number of alkyl halides is 1. The minimum atomic E-state index is -1.87. The van der Waals surface area contributed by atoms with E-state index in [2.05, 4.69) is 0 Å². The molecule has 1 N–H and O–H groups in total. The zero-order valence-electron chi connectivity index (χ0n) is 17.6. The molecule has 1 saturated heterocycles. The van der Waals surface area contributed by atoms with E-state index in [9.17, 15) is 19.1 Å². The van der Waals surface area contributed by atoms with Crippen LogP contribution in [0.3, 0.4) is 0 Å². The summed E-state index contributed by atoms with van der Waals surface area (Å²) in [5.74, 6) is -1.38. The molecule has 1 unspecified atom stereocenters. The van der Waals surface area contributed by atoms with E-state index >= 15 is 0 Å². The first kappa shape index (κ1) is 22.3. The molecule has 2 aromatic rings. The summed E-state index contributed by atoms with van der Waals surface area (Å²) in [4.78, 5) is 25.3. The number of thioether (sulfide) groups is 1. The highest BCUT2D eigenvalue weighted by Gasteiger charge is 2.49. The zero-order chi connectivity index (χ0) is 22.2. The molecule has 2 aromatic carbocycles. The van der Waals surface area contributed by atoms with E-state index in [1.807, 2.05) is 39.8 Å². The van der Waals surface area contributed by atoms with Gasteiger partial charge in [-0.25, -0.2) is 14.0 Å². The van der Waals surface area contributed by atoms with Gasteiger partial charge in [0.2, 0.25) is 0 Å². The van der Waals surface area contributed by atoms with E-state index in [0.29, 0.717) is 5.56 Å². The standard InChI is InChI=1S/C23H25FO5S/c1-11-6-12(2)9-16(8-11)20(25)28-19-18(24)22(27)30-23(19)29-21(26)17-10-13(3)7-14(4)15(17)5/h6-10,18-19,22-23,27H,1-5H3/t18-,19-,22?,23+/m0/s1. The normalized spacial score (nSPS) is 23.3. The van der Waals surface area contributed by atoms with Crippen LogP contribution in [0.1, 0.15) is 48.5 Å². The number of carbonyl (C=O) groups is 2. The molecule has 3 rings (SSSR count). The number of aryl methyl sites for hydroxylation is 4. The van der Waals surface area contributed by atoms with Crippen LogP contribution in [-0.4, -0.2) is 40.2 Å². The third-order valence-electron chi connectivity index (χ3n) is 5.08. The van der Waals surface area contributed by atoms with Crippen molar-refractivity contribution in [3.63, 3.8) is 0 Å². The van der Waals surface area contributed by atoms with Crippen molar-refractivity contribution in [3.05, 3.63) is 69.3 Å². The Bertz CT molecular complexity index is 970. The van der Waals surface area contributed by atoms with Gasteiger partial charge in [0.15, 0.2) is 17.7 Å². The molecule has 1 heterocycles. The Hall–Kier alpha value is -2.38. The van der Waals surface area contributed by atoms with Gasteiger partial charge in [-0.15, -0.1) is 0 Å². The van der Waals surface area contributed by atoms with Crippen LogP contribution in [0.15, 0.2) is 30.3 Å². The highest BCUT2D eigenvalue weighted by atomic mass is 32.2. The molecule has 30 heavy (non-hydrogen) atoms. The van der Waals surface area contributed by atoms with Gasteiger partial charge in [0, 0.05) is 0 Å². The van der Waals surface area contributed by atoms with Gasteiger partial charge >= 0.3 is 11.9 Å². The summed E-state index contributed by atoms with van der Waals surface area (Å²) < 4.78 is 25.4. The highest BCUT2D eigenvalue weighted by molar-refractivity contribution is 8.00. The molecule has 0 saturated carbocycles. The van der Waals surface area contributed by atoms with Crippen molar-refractivity contribution in [2.75, 3.05) is 0 Å². The van der Waals surface area contributed by atoms with Crippen molar-refractivity contribution in [1.82, 2.24) is 0 Å². The van der Waals surface area contributed by atoms with E-state index in [1.54, 1.807) is 25.1 Å². The lowest BCUT2D eigenvalue weighted by atomic mass is 10.0. The molecular formula is C23H25FO5S. The number of esters is 2. The average molecular weight is 433 g/mol. The van der Waals surface area contributed by atoms with Crippen molar-refractivity contribution in [3.8, 4) is 0 Å². The van der Waals surface area contributed by atoms with E-state index in [1.165, 1.54) is 0 Å². The first-order valence-corrected chi connectivity index (χ1v) is 10.6. The van der Waals surface area contributed by atoms with Crippen molar-refractivity contribution in [1.29, 1.82) is 0 Å². The molecule has 0 spiro atoms. The Labute approximate surface area is 179 Å². The molecule has 1 aliphatic heterocycles. The zero-order valence-corrected chi connectivity index (χ0v) is 18.4. The molecule has 0 amide bonds. The number of hydrogen-bond donors (Lipinski definition) is 1. The van der Waals surface area contributed by atoms with Gasteiger partial charge in [0.25, 0.3) is 0 Å². The molecular weight excluding hydrogens is 407 g/mol. The lowest BCUT2D eigenvalue weighted by Gasteiger charge is -2.21. The Balaban J connectivity index is 1.80. The Kier molecular flexibility index (Phi) is 6.53. The summed E-state index contributed by atoms with van der Waals surface area (Å²) in [6, 6.07) is 8.83. The SMILES string of the molecule is Cc1cc(C)cc(C(=O)O[C@@H]2[C@H](OC(=O)c3cc(C)cc(C)c3C)SC(O)[C@H]2F)c1. The van der Waals surface area contributed by atoms with Crippen LogP contribution in [-0.2, 0) is 9.47 Å². The minimum absolute atomic E-state index is 0.279. The number of aliphatic hydroxyl groups excluding tert-OH is 1. The quantitative estimate of drug-likeness (QED) is 0.725. The Morgan fingerprint density at radius 3 is 2.13 bits per heavy atom. The maximum Gasteiger partial charge on any atom is 0.339 e. The monoisotopic (exact) mass is 432 g/mol. The minimum Gasteiger partial charge on any atom is -0.451 e. The van der Waals surface area contributed by atoms with Crippen LogP contribution in [0.4, 0.5) is 4.39 Å². The van der Waals surface area contributed by atoms with E-state index in [0.717, 1.165) is 39.6 Å². The Morgan fingerprint density at radius 2 is 1.50 bits per heavy atom. The summed E-state index contributed by atoms with van der Waals surface area (Å²) in [6.07, 6.45) is -3.28. The maximum atomic E-state index is 14.6. The first-order chi connectivity index (χ1) is 14.1. The molecule has 0 aromatic heterocycles. The van der Waals surface area contributed by atoms with Crippen LogP contribution in [0.2, 0.25) is 0 Å². The van der Waals surface area contributed by atoms with Gasteiger partial charge in [0.1, 0.15) is 5.44 Å². The second-order valence-electron chi connectivity index (χ2n) is 7.75. The van der Waals surface area contributed by atoms with Crippen molar-refractivity contribution >= 4 is 23.7 Å². The van der Waals surface area contributed by atoms with E-state index in [4.69, 9.17) is 9.47 Å². The van der Waals surface area contributed by atoms with Crippen LogP contribution in [0.25, 0.3) is 0 Å². The number of halogens is 1. The molecule has 5 nitrogen and oxygen atoms in total. The van der Waals surface area contributed by atoms with Gasteiger partial charge in [-0.3, -0.25) is 0 Å². The van der Waals surface area contributed by atoms with Crippen LogP contribution in [0, 0.1) is 34.6 Å². The van der Waals surface area contributed by atoms with E-state index < -0.39 is 35.1 Å². The number of hydrogen-bond acceptors (Lipinski definition) is 6. The second-order valence-corrected chi connectivity index (χ2v) is 8.97. The number of benzene rings is 2. The van der Waals surface area contributed by atoms with E-state index in [-0.39, 0.29) is 5.56 Å². The van der Waals surface area contributed by atoms with Gasteiger partial charge in [-0.1, -0.05) is 35.0 Å². The summed E-state index contributed by atoms with van der Waals surface area (Å²) in [5.41, 5.74) is 2.35. The fourth-order valence-electron chi connectivity index (χ4n) is 3.52. The molecule has 1 fully saturated rings. The summed E-state index contributed by atoms with van der Waals surface area (Å²) in [6.45, 7) is 9.24. The van der Waals surface area contributed by atoms with Gasteiger partial charge in [-0.05, 0) is 69.5 Å². The number of rotatable bonds is 4. The van der Waals surface area contributed by atoms with Crippen LogP contribution >= 0.6 is 11.8 Å². The van der Waals surface area contributed by atoms with Gasteiger partial charge in [-0.2, -0.15) is 0 Å². The summed E-state index contributed by atoms with van der Waals surface area (Å²) >= 11 is 0.723. The molecule has 0 aliphatic carbocycles. The molecule has 7 heteroatoms. The average Bonchev–Trinajstić information content (AvgIpc) is 2.91. The fourth-order valence-corrected chi connectivity index (χ4v) is 4.61. The molecule has 1 aliphatic rings. The molecule has 4 atom stereocenters. The predicted octanol–water partition coefficient (Wildman–Crippen LogP) is 4.34. The van der Waals surface area contributed by atoms with Gasteiger partial charge in [0.05, 0.1) is 11.1 Å². The van der Waals surface area contributed by atoms with Crippen molar-refractivity contribution in [2.45, 2.75) is 57.8 Å². The smallest absolute Gasteiger partial charge is 0.339 e. The summed E-state index contributed by atoms with van der Waals surface area (Å²) in [7, 11) is 0. The first-order valence-electron chi connectivity index (χ1n) is 9.62. The largest absolute Gasteiger partial charge is 0.451 e. The van der Waals surface area contributed by atoms with Crippen LogP contribution in [0.5, 0.6) is 0 Å². The topological polar surface area (TPSA) is 72.8 Å². The lowest BCUT2D eigenvalue weighted by Crippen LogP contribution is -2.36. The van der Waals surface area contributed by atoms with Crippen molar-refractivity contribution < 1.29 is 28.6 Å². The lowest BCUT2D eigenvalue weighted by molar-refractivity contribution is -0.0388. The van der Waals surface area contributed by atoms with Crippen LogP contribution < -0.4 is 0 Å². The molecule has 160 valence electrons. The van der Waals surface area contributed by atoms with Gasteiger partial charge < -0.3 is 14.6 Å². The molecule has 0 radical (unpaired) electrons. The van der Waals surface area contributed by atoms with Crippen molar-refractivity contribution in [2.24, 2.45) is 0 Å². The fraction of sp³-hybridized carbons (Fsp3) is 0.391. The third kappa shape index (κ3) is 4.68. The maximum absolute atomic E-state index is 14.6. The second kappa shape index (κ2) is 8.78. The third-order valence-corrected chi connectivity index (χ3v) is 6.25. The summed E-state index contributed by atoms with van der Waals surface area (Å²) in [5, 5.41) is 9.94. The highest BCUT2D eigenvalue weighted by Crippen LogP contribution is 2.38. The molecule has 0 bridgehead atoms. The number of ether oxygens (including phenoxy) is 2.